The molecule has 1 heterocycles. The molecule has 39 heavy (non-hydrogen) atoms. The third kappa shape index (κ3) is 6.73. The molecule has 1 amide bonds. The van der Waals surface area contributed by atoms with Gasteiger partial charge in [-0.05, 0) is 72.3 Å². The van der Waals surface area contributed by atoms with E-state index in [1.165, 1.54) is 17.7 Å². The van der Waals surface area contributed by atoms with Gasteiger partial charge in [0.2, 0.25) is 5.91 Å². The summed E-state index contributed by atoms with van der Waals surface area (Å²) in [6.45, 7) is 1.96. The minimum absolute atomic E-state index is 0.0920. The van der Waals surface area contributed by atoms with Gasteiger partial charge in [0.05, 0.1) is 19.2 Å². The highest BCUT2D eigenvalue weighted by atomic mass is 19.1. The van der Waals surface area contributed by atoms with Crippen LogP contribution in [0.3, 0.4) is 0 Å². The van der Waals surface area contributed by atoms with Crippen LogP contribution in [0.5, 0.6) is 5.75 Å². The van der Waals surface area contributed by atoms with Crippen LogP contribution in [0.4, 0.5) is 4.39 Å². The molecule has 4 nitrogen and oxygen atoms in total. The van der Waals surface area contributed by atoms with Gasteiger partial charge in [0.1, 0.15) is 11.6 Å². The second-order valence-electron chi connectivity index (χ2n) is 10.2. The van der Waals surface area contributed by atoms with E-state index in [9.17, 15) is 9.18 Å². The molecule has 1 aliphatic heterocycles. The topological polar surface area (TPSA) is 32.8 Å². The Morgan fingerprint density at radius 1 is 0.769 bits per heavy atom. The van der Waals surface area contributed by atoms with Crippen LogP contribution in [-0.4, -0.2) is 35.4 Å². The van der Waals surface area contributed by atoms with E-state index in [0.717, 1.165) is 41.8 Å². The summed E-state index contributed by atoms with van der Waals surface area (Å²) in [5.74, 6) is 0.608. The van der Waals surface area contributed by atoms with E-state index in [2.05, 4.69) is 41.3 Å². The van der Waals surface area contributed by atoms with E-state index in [0.29, 0.717) is 19.5 Å². The second-order valence-corrected chi connectivity index (χ2v) is 10.2. The van der Waals surface area contributed by atoms with E-state index in [1.807, 2.05) is 53.4 Å². The van der Waals surface area contributed by atoms with Crippen LogP contribution in [0, 0.1) is 5.82 Å². The zero-order chi connectivity index (χ0) is 27.0. The quantitative estimate of drug-likeness (QED) is 0.255. The SMILES string of the molecule is COc1ccc([C@H]2CCCN(Cc3ccccc3)[C@H](Cc3ccccc3)C(=O)N2Cc2ccc(F)cc2)cc1. The molecular weight excluding hydrogens is 487 g/mol. The molecule has 1 saturated heterocycles. The summed E-state index contributed by atoms with van der Waals surface area (Å²) in [4.78, 5) is 19.0. The van der Waals surface area contributed by atoms with Gasteiger partial charge in [-0.2, -0.15) is 0 Å². The number of methoxy groups -OCH3 is 1. The van der Waals surface area contributed by atoms with Crippen molar-refractivity contribution in [3.63, 3.8) is 0 Å². The standard InChI is InChI=1S/C34H35FN2O2/c1-39-31-20-16-29(17-21-31)32-13-8-22-36(24-27-11-6-3-7-12-27)33(23-26-9-4-2-5-10-26)34(38)37(32)25-28-14-18-30(35)19-15-28/h2-7,9-12,14-21,32-33H,8,13,22-25H2,1H3/t32-,33-/m1/s1. The van der Waals surface area contributed by atoms with Gasteiger partial charge in [-0.3, -0.25) is 9.69 Å². The first kappa shape index (κ1) is 26.6. The van der Waals surface area contributed by atoms with Gasteiger partial charge >= 0.3 is 0 Å². The molecule has 5 heteroatoms. The molecule has 0 bridgehead atoms. The first-order valence-electron chi connectivity index (χ1n) is 13.6. The monoisotopic (exact) mass is 522 g/mol. The average molecular weight is 523 g/mol. The highest BCUT2D eigenvalue weighted by Crippen LogP contribution is 2.33. The van der Waals surface area contributed by atoms with Crippen LogP contribution < -0.4 is 4.74 Å². The van der Waals surface area contributed by atoms with Crippen LogP contribution in [0.25, 0.3) is 0 Å². The maximum absolute atomic E-state index is 14.7. The first-order chi connectivity index (χ1) is 19.1. The fraction of sp³-hybridized carbons (Fsp3) is 0.265. The first-order valence-corrected chi connectivity index (χ1v) is 13.6. The van der Waals surface area contributed by atoms with E-state index in [1.54, 1.807) is 19.2 Å². The van der Waals surface area contributed by atoms with Gasteiger partial charge < -0.3 is 9.64 Å². The predicted molar refractivity (Wildman–Crippen MR) is 153 cm³/mol. The van der Waals surface area contributed by atoms with Gasteiger partial charge in [0.25, 0.3) is 0 Å². The molecule has 0 saturated carbocycles. The summed E-state index contributed by atoms with van der Waals surface area (Å²) in [7, 11) is 1.66. The molecule has 0 aromatic heterocycles. The van der Waals surface area contributed by atoms with E-state index >= 15 is 0 Å². The van der Waals surface area contributed by atoms with E-state index in [4.69, 9.17) is 4.74 Å². The number of benzene rings is 4. The lowest BCUT2D eigenvalue weighted by atomic mass is 9.93. The Kier molecular flexibility index (Phi) is 8.69. The fourth-order valence-electron chi connectivity index (χ4n) is 5.51. The second kappa shape index (κ2) is 12.7. The summed E-state index contributed by atoms with van der Waals surface area (Å²) in [6, 6.07) is 34.7. The lowest BCUT2D eigenvalue weighted by molar-refractivity contribution is -0.142. The third-order valence-corrected chi connectivity index (χ3v) is 7.58. The van der Waals surface area contributed by atoms with Crippen LogP contribution in [0.2, 0.25) is 0 Å². The number of nitrogens with zero attached hydrogens (tertiary/aromatic N) is 2. The van der Waals surface area contributed by atoms with Gasteiger partial charge in [-0.25, -0.2) is 4.39 Å². The van der Waals surface area contributed by atoms with Crippen LogP contribution in [-0.2, 0) is 24.3 Å². The Morgan fingerprint density at radius 3 is 2.03 bits per heavy atom. The van der Waals surface area contributed by atoms with Gasteiger partial charge in [-0.15, -0.1) is 0 Å². The van der Waals surface area contributed by atoms with Crippen molar-refractivity contribution in [3.05, 3.63) is 137 Å². The van der Waals surface area contributed by atoms with Crippen LogP contribution in [0.15, 0.2) is 109 Å². The molecule has 0 unspecified atom stereocenters. The molecule has 0 aliphatic carbocycles. The smallest absolute Gasteiger partial charge is 0.241 e. The zero-order valence-corrected chi connectivity index (χ0v) is 22.4. The van der Waals surface area contributed by atoms with Crippen molar-refractivity contribution < 1.29 is 13.9 Å². The number of halogens is 1. The summed E-state index contributed by atoms with van der Waals surface area (Å²) >= 11 is 0. The minimum atomic E-state index is -0.325. The predicted octanol–water partition coefficient (Wildman–Crippen LogP) is 6.81. The van der Waals surface area contributed by atoms with E-state index in [-0.39, 0.29) is 23.8 Å². The largest absolute Gasteiger partial charge is 0.497 e. The van der Waals surface area contributed by atoms with Crippen molar-refractivity contribution in [1.82, 2.24) is 9.80 Å². The Morgan fingerprint density at radius 2 is 1.38 bits per heavy atom. The highest BCUT2D eigenvalue weighted by Gasteiger charge is 2.36. The molecule has 0 N–H and O–H groups in total. The maximum atomic E-state index is 14.7. The van der Waals surface area contributed by atoms with Gasteiger partial charge in [0.15, 0.2) is 0 Å². The average Bonchev–Trinajstić information content (AvgIpc) is 2.98. The number of hydrogen-bond donors (Lipinski definition) is 0. The fourth-order valence-corrected chi connectivity index (χ4v) is 5.51. The highest BCUT2D eigenvalue weighted by molar-refractivity contribution is 5.83. The number of carbonyl (C=O) groups is 1. The number of rotatable bonds is 8. The van der Waals surface area contributed by atoms with Crippen molar-refractivity contribution in [2.45, 2.75) is 44.4 Å². The molecule has 1 aliphatic rings. The Bertz CT molecular complexity index is 1330. The molecule has 4 aromatic rings. The Labute approximate surface area is 230 Å². The Hall–Kier alpha value is -3.96. The van der Waals surface area contributed by atoms with Crippen molar-refractivity contribution in [1.29, 1.82) is 0 Å². The molecule has 0 spiro atoms. The molecular formula is C34H35FN2O2. The normalized spacial score (nSPS) is 18.4. The number of ether oxygens (including phenoxy) is 1. The van der Waals surface area contributed by atoms with Gasteiger partial charge in [0, 0.05) is 13.1 Å². The summed E-state index contributed by atoms with van der Waals surface area (Å²) in [6.07, 6.45) is 2.41. The van der Waals surface area contributed by atoms with Crippen LogP contribution in [0.1, 0.15) is 41.1 Å². The number of hydrogen-bond acceptors (Lipinski definition) is 3. The van der Waals surface area contributed by atoms with E-state index < -0.39 is 0 Å². The summed E-state index contributed by atoms with van der Waals surface area (Å²) < 4.78 is 19.1. The van der Waals surface area contributed by atoms with Crippen molar-refractivity contribution in [2.24, 2.45) is 0 Å². The van der Waals surface area contributed by atoms with Crippen LogP contribution >= 0.6 is 0 Å². The van der Waals surface area contributed by atoms with Crippen molar-refractivity contribution >= 4 is 5.91 Å². The third-order valence-electron chi connectivity index (χ3n) is 7.58. The van der Waals surface area contributed by atoms with Gasteiger partial charge in [-0.1, -0.05) is 84.9 Å². The molecule has 5 rings (SSSR count). The molecule has 2 atom stereocenters. The summed E-state index contributed by atoms with van der Waals surface area (Å²) in [5.41, 5.74) is 4.33. The number of carbonyl (C=O) groups excluding carboxylic acids is 1. The minimum Gasteiger partial charge on any atom is -0.497 e. The molecule has 4 aromatic carbocycles. The molecule has 0 radical (unpaired) electrons. The number of amides is 1. The maximum Gasteiger partial charge on any atom is 0.241 e. The Balaban J connectivity index is 1.53. The molecule has 200 valence electrons. The lowest BCUT2D eigenvalue weighted by Gasteiger charge is -2.42. The lowest BCUT2D eigenvalue weighted by Crippen LogP contribution is -2.52. The molecule has 1 fully saturated rings. The van der Waals surface area contributed by atoms with Crippen molar-refractivity contribution in [3.8, 4) is 5.75 Å². The summed E-state index contributed by atoms with van der Waals surface area (Å²) in [5, 5.41) is 0. The van der Waals surface area contributed by atoms with Crippen molar-refractivity contribution in [2.75, 3.05) is 13.7 Å². The zero-order valence-electron chi connectivity index (χ0n) is 22.4.